The third kappa shape index (κ3) is 3.37. The lowest BCUT2D eigenvalue weighted by atomic mass is 10.1. The van der Waals surface area contributed by atoms with E-state index < -0.39 is 0 Å². The van der Waals surface area contributed by atoms with Gasteiger partial charge < -0.3 is 14.6 Å². The fraction of sp³-hybridized carbons (Fsp3) is 0.118. The SMILES string of the molecule is COc1ccc(C(=O)Nc2ccc(-c3nc(C)no3)cc2)cc1. The molecule has 0 aliphatic heterocycles. The highest BCUT2D eigenvalue weighted by Crippen LogP contribution is 2.20. The van der Waals surface area contributed by atoms with E-state index in [-0.39, 0.29) is 5.91 Å². The zero-order valence-corrected chi connectivity index (χ0v) is 12.7. The number of carbonyl (C=O) groups excluding carboxylic acids is 1. The number of carbonyl (C=O) groups is 1. The van der Waals surface area contributed by atoms with Crippen molar-refractivity contribution in [1.29, 1.82) is 0 Å². The molecule has 2 aromatic carbocycles. The van der Waals surface area contributed by atoms with Gasteiger partial charge in [-0.25, -0.2) is 0 Å². The Morgan fingerprint density at radius 3 is 2.35 bits per heavy atom. The summed E-state index contributed by atoms with van der Waals surface area (Å²) in [6.07, 6.45) is 0. The number of hydrogen-bond acceptors (Lipinski definition) is 5. The van der Waals surface area contributed by atoms with Crippen molar-refractivity contribution >= 4 is 11.6 Å². The lowest BCUT2D eigenvalue weighted by Crippen LogP contribution is -2.11. The molecule has 0 unspecified atom stereocenters. The van der Waals surface area contributed by atoms with E-state index in [1.807, 2.05) is 12.1 Å². The predicted molar refractivity (Wildman–Crippen MR) is 85.4 cm³/mol. The summed E-state index contributed by atoms with van der Waals surface area (Å²) in [5.74, 6) is 1.56. The Morgan fingerprint density at radius 1 is 1.09 bits per heavy atom. The molecule has 0 aliphatic carbocycles. The summed E-state index contributed by atoms with van der Waals surface area (Å²) in [6.45, 7) is 1.76. The predicted octanol–water partition coefficient (Wildman–Crippen LogP) is 3.31. The van der Waals surface area contributed by atoms with Gasteiger partial charge in [0.05, 0.1) is 7.11 Å². The summed E-state index contributed by atoms with van der Waals surface area (Å²) in [5.41, 5.74) is 2.04. The Labute approximate surface area is 133 Å². The number of nitrogens with one attached hydrogen (secondary N) is 1. The van der Waals surface area contributed by atoms with E-state index in [2.05, 4.69) is 15.5 Å². The van der Waals surface area contributed by atoms with Crippen molar-refractivity contribution in [2.24, 2.45) is 0 Å². The number of methoxy groups -OCH3 is 1. The molecule has 1 aromatic heterocycles. The second kappa shape index (κ2) is 6.31. The Hall–Kier alpha value is -3.15. The molecule has 1 N–H and O–H groups in total. The van der Waals surface area contributed by atoms with E-state index in [0.717, 1.165) is 5.56 Å². The van der Waals surface area contributed by atoms with Crippen molar-refractivity contribution in [3.63, 3.8) is 0 Å². The fourth-order valence-electron chi connectivity index (χ4n) is 2.06. The summed E-state index contributed by atoms with van der Waals surface area (Å²) in [6, 6.07) is 14.1. The molecule has 6 nitrogen and oxygen atoms in total. The molecule has 1 amide bonds. The minimum Gasteiger partial charge on any atom is -0.497 e. The van der Waals surface area contributed by atoms with Crippen LogP contribution in [0.4, 0.5) is 5.69 Å². The first-order valence-corrected chi connectivity index (χ1v) is 7.02. The average molecular weight is 309 g/mol. The van der Waals surface area contributed by atoms with E-state index in [1.54, 1.807) is 50.4 Å². The zero-order valence-electron chi connectivity index (χ0n) is 12.7. The Morgan fingerprint density at radius 2 is 1.78 bits per heavy atom. The molecule has 6 heteroatoms. The van der Waals surface area contributed by atoms with Crippen LogP contribution in [0, 0.1) is 6.92 Å². The topological polar surface area (TPSA) is 77.2 Å². The molecule has 116 valence electrons. The van der Waals surface area contributed by atoms with Crippen LogP contribution in [0.5, 0.6) is 5.75 Å². The van der Waals surface area contributed by atoms with Gasteiger partial charge in [0.1, 0.15) is 5.75 Å². The number of anilines is 1. The minimum atomic E-state index is -0.186. The molecule has 0 saturated heterocycles. The standard InChI is InChI=1S/C17H15N3O3/c1-11-18-17(23-20-11)13-3-7-14(8-4-13)19-16(21)12-5-9-15(22-2)10-6-12/h3-10H,1-2H3,(H,19,21). The molecule has 3 rings (SSSR count). The first-order valence-electron chi connectivity index (χ1n) is 7.02. The van der Waals surface area contributed by atoms with Crippen LogP contribution < -0.4 is 10.1 Å². The second-order valence-electron chi connectivity index (χ2n) is 4.91. The molecule has 0 aliphatic rings. The summed E-state index contributed by atoms with van der Waals surface area (Å²) in [4.78, 5) is 16.3. The summed E-state index contributed by atoms with van der Waals surface area (Å²) >= 11 is 0. The summed E-state index contributed by atoms with van der Waals surface area (Å²) < 4.78 is 10.2. The van der Waals surface area contributed by atoms with Crippen LogP contribution in [-0.2, 0) is 0 Å². The van der Waals surface area contributed by atoms with Crippen LogP contribution in [0.2, 0.25) is 0 Å². The summed E-state index contributed by atoms with van der Waals surface area (Å²) in [5, 5.41) is 6.58. The maximum Gasteiger partial charge on any atom is 0.257 e. The van der Waals surface area contributed by atoms with E-state index in [1.165, 1.54) is 0 Å². The van der Waals surface area contributed by atoms with Crippen LogP contribution in [0.25, 0.3) is 11.5 Å². The van der Waals surface area contributed by atoms with Gasteiger partial charge in [0, 0.05) is 16.8 Å². The van der Waals surface area contributed by atoms with Gasteiger partial charge in [-0.05, 0) is 55.5 Å². The maximum atomic E-state index is 12.2. The second-order valence-corrected chi connectivity index (χ2v) is 4.91. The third-order valence-corrected chi connectivity index (χ3v) is 3.27. The molecule has 1 heterocycles. The fourth-order valence-corrected chi connectivity index (χ4v) is 2.06. The van der Waals surface area contributed by atoms with Gasteiger partial charge in [0.25, 0.3) is 11.8 Å². The normalized spacial score (nSPS) is 10.3. The highest BCUT2D eigenvalue weighted by molar-refractivity contribution is 6.04. The van der Waals surface area contributed by atoms with Crippen molar-refractivity contribution < 1.29 is 14.1 Å². The Kier molecular flexibility index (Phi) is 4.05. The number of amides is 1. The van der Waals surface area contributed by atoms with Crippen LogP contribution in [0.15, 0.2) is 53.1 Å². The number of nitrogens with zero attached hydrogens (tertiary/aromatic N) is 2. The smallest absolute Gasteiger partial charge is 0.257 e. The van der Waals surface area contributed by atoms with Crippen LogP contribution in [0.3, 0.4) is 0 Å². The third-order valence-electron chi connectivity index (χ3n) is 3.27. The first-order chi connectivity index (χ1) is 11.2. The van der Waals surface area contributed by atoms with E-state index >= 15 is 0 Å². The molecule has 3 aromatic rings. The molecule has 0 atom stereocenters. The number of ether oxygens (including phenoxy) is 1. The van der Waals surface area contributed by atoms with Crippen molar-refractivity contribution in [2.75, 3.05) is 12.4 Å². The zero-order chi connectivity index (χ0) is 16.2. The van der Waals surface area contributed by atoms with Gasteiger partial charge in [-0.1, -0.05) is 5.16 Å². The first kappa shape index (κ1) is 14.8. The number of aromatic nitrogens is 2. The molecular weight excluding hydrogens is 294 g/mol. The molecular formula is C17H15N3O3. The van der Waals surface area contributed by atoms with Gasteiger partial charge in [-0.2, -0.15) is 4.98 Å². The van der Waals surface area contributed by atoms with E-state index in [4.69, 9.17) is 9.26 Å². The lowest BCUT2D eigenvalue weighted by molar-refractivity contribution is 0.102. The van der Waals surface area contributed by atoms with E-state index in [9.17, 15) is 4.79 Å². The monoisotopic (exact) mass is 309 g/mol. The van der Waals surface area contributed by atoms with E-state index in [0.29, 0.717) is 28.7 Å². The number of benzene rings is 2. The van der Waals surface area contributed by atoms with Crippen LogP contribution in [-0.4, -0.2) is 23.2 Å². The number of hydrogen-bond donors (Lipinski definition) is 1. The van der Waals surface area contributed by atoms with Gasteiger partial charge in [0.15, 0.2) is 5.82 Å². The molecule has 0 radical (unpaired) electrons. The van der Waals surface area contributed by atoms with Crippen LogP contribution >= 0.6 is 0 Å². The molecule has 0 spiro atoms. The minimum absolute atomic E-state index is 0.186. The molecule has 23 heavy (non-hydrogen) atoms. The number of aryl methyl sites for hydroxylation is 1. The van der Waals surface area contributed by atoms with Gasteiger partial charge in [-0.15, -0.1) is 0 Å². The van der Waals surface area contributed by atoms with Gasteiger partial charge >= 0.3 is 0 Å². The quantitative estimate of drug-likeness (QED) is 0.800. The van der Waals surface area contributed by atoms with Crippen molar-refractivity contribution in [3.8, 4) is 17.2 Å². The Balaban J connectivity index is 1.71. The van der Waals surface area contributed by atoms with Crippen molar-refractivity contribution in [1.82, 2.24) is 10.1 Å². The number of rotatable bonds is 4. The van der Waals surface area contributed by atoms with Gasteiger partial charge in [-0.3, -0.25) is 4.79 Å². The average Bonchev–Trinajstić information content (AvgIpc) is 3.02. The Bertz CT molecular complexity index is 808. The van der Waals surface area contributed by atoms with Crippen molar-refractivity contribution in [2.45, 2.75) is 6.92 Å². The molecule has 0 bridgehead atoms. The maximum absolute atomic E-state index is 12.2. The lowest BCUT2D eigenvalue weighted by Gasteiger charge is -2.06. The molecule has 0 fully saturated rings. The van der Waals surface area contributed by atoms with Crippen LogP contribution in [0.1, 0.15) is 16.2 Å². The largest absolute Gasteiger partial charge is 0.497 e. The van der Waals surface area contributed by atoms with Crippen molar-refractivity contribution in [3.05, 3.63) is 59.9 Å². The highest BCUT2D eigenvalue weighted by Gasteiger charge is 2.08. The highest BCUT2D eigenvalue weighted by atomic mass is 16.5. The molecule has 0 saturated carbocycles. The summed E-state index contributed by atoms with van der Waals surface area (Å²) in [7, 11) is 1.58. The van der Waals surface area contributed by atoms with Gasteiger partial charge in [0.2, 0.25) is 0 Å².